The van der Waals surface area contributed by atoms with Crippen molar-refractivity contribution in [1.82, 2.24) is 14.5 Å². The molecule has 0 fully saturated rings. The highest BCUT2D eigenvalue weighted by Gasteiger charge is 2.22. The van der Waals surface area contributed by atoms with Crippen molar-refractivity contribution in [3.8, 4) is 0 Å². The van der Waals surface area contributed by atoms with Crippen LogP contribution >= 0.6 is 0 Å². The third-order valence-corrected chi connectivity index (χ3v) is 4.82. The minimum atomic E-state index is -0.451. The number of hydrogen-bond acceptors (Lipinski definition) is 6. The van der Waals surface area contributed by atoms with E-state index in [1.165, 1.54) is 0 Å². The monoisotopic (exact) mass is 390 g/mol. The van der Waals surface area contributed by atoms with Crippen molar-refractivity contribution in [3.05, 3.63) is 23.7 Å². The molecule has 2 aromatic heterocycles. The van der Waals surface area contributed by atoms with Gasteiger partial charge >= 0.3 is 0 Å². The van der Waals surface area contributed by atoms with Gasteiger partial charge < -0.3 is 20.1 Å². The Labute approximate surface area is 167 Å². The number of aromatic nitrogens is 3. The third-order valence-electron chi connectivity index (χ3n) is 4.82. The van der Waals surface area contributed by atoms with Crippen LogP contribution in [0.25, 0.3) is 11.2 Å². The number of carbonyl (C=O) groups excluding carboxylic acids is 1. The van der Waals surface area contributed by atoms with E-state index in [1.54, 1.807) is 6.20 Å². The van der Waals surface area contributed by atoms with Gasteiger partial charge in [0.05, 0.1) is 31.1 Å². The van der Waals surface area contributed by atoms with Crippen molar-refractivity contribution in [1.29, 1.82) is 0 Å². The first-order valence-electron chi connectivity index (χ1n) is 9.92. The number of aryl methyl sites for hydroxylation is 1. The molecular weight excluding hydrogens is 356 g/mol. The molecule has 2 heterocycles. The fourth-order valence-corrected chi connectivity index (χ4v) is 3.37. The lowest BCUT2D eigenvalue weighted by atomic mass is 9.92. The molecule has 3 N–H and O–H groups in total. The Balaban J connectivity index is 2.08. The number of hydrogen-bond donors (Lipinski definition) is 2. The topological polar surface area (TPSA) is 103 Å². The Kier molecular flexibility index (Phi) is 7.31. The van der Waals surface area contributed by atoms with E-state index in [9.17, 15) is 9.90 Å². The molecule has 2 aromatic rings. The Morgan fingerprint density at radius 1 is 1.36 bits per heavy atom. The molecule has 7 nitrogen and oxygen atoms in total. The molecule has 0 aliphatic heterocycles. The zero-order valence-electron chi connectivity index (χ0n) is 17.9. The van der Waals surface area contributed by atoms with Crippen molar-refractivity contribution < 1.29 is 14.6 Å². The average Bonchev–Trinajstić information content (AvgIpc) is 2.96. The van der Waals surface area contributed by atoms with Crippen molar-refractivity contribution >= 4 is 16.9 Å². The summed E-state index contributed by atoms with van der Waals surface area (Å²) in [5, 5.41) is 9.30. The molecule has 0 saturated carbocycles. The maximum Gasteiger partial charge on any atom is 0.182 e. The quantitative estimate of drug-likeness (QED) is 0.638. The molecule has 0 radical (unpaired) electrons. The Bertz CT molecular complexity index is 808. The lowest BCUT2D eigenvalue weighted by Crippen LogP contribution is -2.41. The highest BCUT2D eigenvalue weighted by Crippen LogP contribution is 2.27. The molecule has 7 heteroatoms. The summed E-state index contributed by atoms with van der Waals surface area (Å²) < 4.78 is 7.78. The molecular formula is C21H34N4O3. The molecule has 0 aromatic carbocycles. The van der Waals surface area contributed by atoms with Gasteiger partial charge in [-0.25, -0.2) is 4.98 Å². The van der Waals surface area contributed by atoms with E-state index in [0.717, 1.165) is 16.9 Å². The van der Waals surface area contributed by atoms with E-state index in [4.69, 9.17) is 10.5 Å². The van der Waals surface area contributed by atoms with Gasteiger partial charge in [-0.05, 0) is 32.8 Å². The molecule has 0 aliphatic rings. The minimum absolute atomic E-state index is 0.0147. The predicted octanol–water partition coefficient (Wildman–Crippen LogP) is 2.73. The van der Waals surface area contributed by atoms with Gasteiger partial charge in [0.1, 0.15) is 11.2 Å². The van der Waals surface area contributed by atoms with E-state index in [1.807, 2.05) is 31.5 Å². The predicted molar refractivity (Wildman–Crippen MR) is 110 cm³/mol. The van der Waals surface area contributed by atoms with Gasteiger partial charge in [0.2, 0.25) is 0 Å². The summed E-state index contributed by atoms with van der Waals surface area (Å²) in [6.07, 6.45) is 2.87. The van der Waals surface area contributed by atoms with Gasteiger partial charge in [-0.15, -0.1) is 0 Å². The fraction of sp³-hybridized carbons (Fsp3) is 0.667. The molecule has 2 atom stereocenters. The maximum atomic E-state index is 12.6. The minimum Gasteiger partial charge on any atom is -0.395 e. The van der Waals surface area contributed by atoms with Crippen LogP contribution in [0.15, 0.2) is 12.3 Å². The Morgan fingerprint density at radius 3 is 2.61 bits per heavy atom. The van der Waals surface area contributed by atoms with E-state index < -0.39 is 6.04 Å². The molecule has 0 spiro atoms. The van der Waals surface area contributed by atoms with Crippen LogP contribution in [0.4, 0.5) is 0 Å². The Morgan fingerprint density at radius 2 is 2.04 bits per heavy atom. The second-order valence-corrected chi connectivity index (χ2v) is 8.69. The number of nitrogens with two attached hydrogens (primary N) is 1. The van der Waals surface area contributed by atoms with Crippen LogP contribution in [0.3, 0.4) is 0 Å². The van der Waals surface area contributed by atoms with Crippen molar-refractivity contribution in [2.75, 3.05) is 6.61 Å². The summed E-state index contributed by atoms with van der Waals surface area (Å²) >= 11 is 0. The van der Waals surface area contributed by atoms with Crippen LogP contribution in [0.5, 0.6) is 0 Å². The van der Waals surface area contributed by atoms with E-state index in [-0.39, 0.29) is 30.0 Å². The normalized spacial score (nSPS) is 14.6. The van der Waals surface area contributed by atoms with Gasteiger partial charge in [-0.2, -0.15) is 0 Å². The summed E-state index contributed by atoms with van der Waals surface area (Å²) in [5.74, 6) is -0.0474. The number of ether oxygens (including phenoxy) is 1. The van der Waals surface area contributed by atoms with Gasteiger partial charge in [0, 0.05) is 24.6 Å². The van der Waals surface area contributed by atoms with Crippen LogP contribution < -0.4 is 5.73 Å². The number of fused-ring (bicyclic) bond motifs is 1. The SMILES string of the molecule is CC(C)O[C@@H](CCCC(=O)c1cnc2cc(C(C)(C)C)n(C)c2n1)[C@@H](N)CO. The summed E-state index contributed by atoms with van der Waals surface area (Å²) in [5.41, 5.74) is 8.91. The first kappa shape index (κ1) is 22.5. The summed E-state index contributed by atoms with van der Waals surface area (Å²) in [4.78, 5) is 21.6. The first-order chi connectivity index (χ1) is 13.0. The second-order valence-electron chi connectivity index (χ2n) is 8.69. The highest BCUT2D eigenvalue weighted by atomic mass is 16.5. The molecule has 28 heavy (non-hydrogen) atoms. The summed E-state index contributed by atoms with van der Waals surface area (Å²) in [6, 6.07) is 1.58. The number of Topliss-reactive ketones (excluding diaryl/α,β-unsaturated/α-hetero) is 1. The van der Waals surface area contributed by atoms with E-state index in [0.29, 0.717) is 25.0 Å². The number of nitrogens with zero attached hydrogens (tertiary/aromatic N) is 3. The van der Waals surface area contributed by atoms with Crippen molar-refractivity contribution in [2.45, 2.75) is 77.5 Å². The third kappa shape index (κ3) is 5.37. The summed E-state index contributed by atoms with van der Waals surface area (Å²) in [6.45, 7) is 10.1. The van der Waals surface area contributed by atoms with Gasteiger partial charge in [-0.1, -0.05) is 20.8 Å². The number of aliphatic hydroxyl groups is 1. The molecule has 0 saturated heterocycles. The first-order valence-corrected chi connectivity index (χ1v) is 9.92. The van der Waals surface area contributed by atoms with Crippen LogP contribution in [0, 0.1) is 0 Å². The maximum absolute atomic E-state index is 12.6. The molecule has 0 amide bonds. The van der Waals surface area contributed by atoms with E-state index in [2.05, 4.69) is 30.7 Å². The Hall–Kier alpha value is -1.83. The number of ketones is 1. The highest BCUT2D eigenvalue weighted by molar-refractivity contribution is 5.95. The fourth-order valence-electron chi connectivity index (χ4n) is 3.37. The molecule has 0 bridgehead atoms. The number of rotatable bonds is 9. The zero-order valence-corrected chi connectivity index (χ0v) is 17.9. The van der Waals surface area contributed by atoms with Gasteiger partial charge in [0.25, 0.3) is 0 Å². The standard InChI is InChI=1S/C21H34N4O3/c1-13(2)28-18(14(22)12-26)9-7-8-17(27)16-11-23-15-10-19(21(3,4)5)25(6)20(15)24-16/h10-11,13-14,18,26H,7-9,12,22H2,1-6H3/t14-,18-/m0/s1. The molecule has 0 unspecified atom stereocenters. The number of aliphatic hydroxyl groups excluding tert-OH is 1. The van der Waals surface area contributed by atoms with Crippen LogP contribution in [0.1, 0.15) is 70.1 Å². The molecule has 156 valence electrons. The van der Waals surface area contributed by atoms with Crippen molar-refractivity contribution in [2.24, 2.45) is 12.8 Å². The van der Waals surface area contributed by atoms with Crippen LogP contribution in [-0.2, 0) is 17.2 Å². The molecule has 2 rings (SSSR count). The van der Waals surface area contributed by atoms with Crippen LogP contribution in [-0.4, -0.2) is 50.3 Å². The van der Waals surface area contributed by atoms with E-state index >= 15 is 0 Å². The largest absolute Gasteiger partial charge is 0.395 e. The average molecular weight is 391 g/mol. The molecule has 0 aliphatic carbocycles. The lowest BCUT2D eigenvalue weighted by Gasteiger charge is -2.24. The number of carbonyl (C=O) groups is 1. The lowest BCUT2D eigenvalue weighted by molar-refractivity contribution is -0.0217. The van der Waals surface area contributed by atoms with Crippen molar-refractivity contribution in [3.63, 3.8) is 0 Å². The smallest absolute Gasteiger partial charge is 0.182 e. The second kappa shape index (κ2) is 9.11. The van der Waals surface area contributed by atoms with Crippen LogP contribution in [0.2, 0.25) is 0 Å². The van der Waals surface area contributed by atoms with Gasteiger partial charge in [-0.3, -0.25) is 9.78 Å². The van der Waals surface area contributed by atoms with Gasteiger partial charge in [0.15, 0.2) is 11.4 Å². The summed E-state index contributed by atoms with van der Waals surface area (Å²) in [7, 11) is 1.95. The zero-order chi connectivity index (χ0) is 21.1.